The Labute approximate surface area is 144 Å². The van der Waals surface area contributed by atoms with E-state index in [0.717, 1.165) is 0 Å². The maximum absolute atomic E-state index is 12.1. The number of anilines is 1. The molecule has 1 aromatic carbocycles. The summed E-state index contributed by atoms with van der Waals surface area (Å²) in [6.07, 6.45) is 1.04. The molecule has 6 nitrogen and oxygen atoms in total. The van der Waals surface area contributed by atoms with E-state index in [1.165, 1.54) is 0 Å². The first-order chi connectivity index (χ1) is 10.8. The second kappa shape index (κ2) is 7.38. The number of amides is 1. The average Bonchev–Trinajstić information content (AvgIpc) is 2.43. The smallest absolute Gasteiger partial charge is 0.326 e. The topological polar surface area (TPSA) is 104 Å². The second-order valence-electron chi connectivity index (χ2n) is 5.76. The van der Waals surface area contributed by atoms with Crippen LogP contribution < -0.4 is 16.4 Å². The molecule has 0 fully saturated rings. The molecular formula is C15H19Cl2N3O3. The largest absolute Gasteiger partial charge is 0.480 e. The van der Waals surface area contributed by atoms with Crippen molar-refractivity contribution in [1.29, 1.82) is 0 Å². The van der Waals surface area contributed by atoms with Crippen LogP contribution in [0.3, 0.4) is 0 Å². The van der Waals surface area contributed by atoms with Crippen molar-refractivity contribution < 1.29 is 14.7 Å². The van der Waals surface area contributed by atoms with E-state index in [1.54, 1.807) is 12.1 Å². The predicted octanol–water partition coefficient (Wildman–Crippen LogP) is 2.55. The van der Waals surface area contributed by atoms with Gasteiger partial charge in [0.25, 0.3) is 0 Å². The van der Waals surface area contributed by atoms with Gasteiger partial charge in [-0.1, -0.05) is 23.2 Å². The van der Waals surface area contributed by atoms with Gasteiger partial charge in [-0.2, -0.15) is 0 Å². The van der Waals surface area contributed by atoms with Crippen LogP contribution in [-0.4, -0.2) is 29.1 Å². The summed E-state index contributed by atoms with van der Waals surface area (Å²) < 4.78 is 0. The van der Waals surface area contributed by atoms with E-state index in [-0.39, 0.29) is 24.8 Å². The van der Waals surface area contributed by atoms with Gasteiger partial charge in [0, 0.05) is 40.2 Å². The molecule has 3 atom stereocenters. The van der Waals surface area contributed by atoms with E-state index in [9.17, 15) is 14.7 Å². The third-order valence-corrected chi connectivity index (χ3v) is 4.23. The van der Waals surface area contributed by atoms with Crippen LogP contribution in [-0.2, 0) is 9.59 Å². The van der Waals surface area contributed by atoms with Crippen LogP contribution in [0.2, 0.25) is 10.0 Å². The average molecular weight is 360 g/mol. The van der Waals surface area contributed by atoms with Crippen LogP contribution in [0.15, 0.2) is 12.1 Å². The number of nitrogens with one attached hydrogen (secondary N) is 2. The number of benzene rings is 1. The number of rotatable bonds is 5. The zero-order chi connectivity index (χ0) is 17.1. The van der Waals surface area contributed by atoms with Crippen LogP contribution in [0.25, 0.3) is 0 Å². The van der Waals surface area contributed by atoms with Gasteiger partial charge in [-0.25, -0.2) is 4.79 Å². The standard InChI is InChI=1S/C15H19Cl2N3O3/c1-7(18)2-3-13(21)20-11-6-12(15(22)23)19-10-5-8(16)4-9(17)14(10)11/h4-5,7,11-12,19H,2-3,6,18H2,1H3,(H,20,21)(H,22,23). The summed E-state index contributed by atoms with van der Waals surface area (Å²) >= 11 is 12.2. The van der Waals surface area contributed by atoms with Gasteiger partial charge in [-0.15, -0.1) is 0 Å². The lowest BCUT2D eigenvalue weighted by Gasteiger charge is -2.32. The highest BCUT2D eigenvalue weighted by Crippen LogP contribution is 2.39. The molecule has 8 heteroatoms. The molecule has 0 bridgehead atoms. The summed E-state index contributed by atoms with van der Waals surface area (Å²) in [5, 5.41) is 15.8. The molecule has 0 aromatic heterocycles. The van der Waals surface area contributed by atoms with Crippen molar-refractivity contribution >= 4 is 40.8 Å². The fourth-order valence-corrected chi connectivity index (χ4v) is 3.20. The monoisotopic (exact) mass is 359 g/mol. The van der Waals surface area contributed by atoms with Gasteiger partial charge < -0.3 is 21.5 Å². The molecule has 1 heterocycles. The molecule has 0 saturated carbocycles. The summed E-state index contributed by atoms with van der Waals surface area (Å²) in [6, 6.07) is 1.80. The molecular weight excluding hydrogens is 341 g/mol. The first kappa shape index (κ1) is 17.8. The minimum atomic E-state index is -0.999. The minimum absolute atomic E-state index is 0.0739. The fraction of sp³-hybridized carbons (Fsp3) is 0.467. The quantitative estimate of drug-likeness (QED) is 0.646. The van der Waals surface area contributed by atoms with E-state index >= 15 is 0 Å². The van der Waals surface area contributed by atoms with E-state index in [2.05, 4.69) is 10.6 Å². The maximum atomic E-state index is 12.1. The van der Waals surface area contributed by atoms with Crippen molar-refractivity contribution in [1.82, 2.24) is 5.32 Å². The molecule has 1 aliphatic rings. The molecule has 1 amide bonds. The molecule has 2 rings (SSSR count). The Morgan fingerprint density at radius 1 is 1.48 bits per heavy atom. The number of carbonyl (C=O) groups excluding carboxylic acids is 1. The molecule has 3 unspecified atom stereocenters. The van der Waals surface area contributed by atoms with Crippen molar-refractivity contribution in [2.45, 2.75) is 44.3 Å². The lowest BCUT2D eigenvalue weighted by Crippen LogP contribution is -2.41. The van der Waals surface area contributed by atoms with Crippen LogP contribution >= 0.6 is 23.2 Å². The molecule has 0 saturated heterocycles. The van der Waals surface area contributed by atoms with Gasteiger partial charge >= 0.3 is 5.97 Å². The van der Waals surface area contributed by atoms with Crippen LogP contribution in [0.1, 0.15) is 37.8 Å². The number of nitrogens with two attached hydrogens (primary N) is 1. The highest BCUT2D eigenvalue weighted by Gasteiger charge is 2.33. The molecule has 0 aliphatic carbocycles. The Kier molecular flexibility index (Phi) is 5.73. The zero-order valence-corrected chi connectivity index (χ0v) is 14.1. The Morgan fingerprint density at radius 2 is 2.17 bits per heavy atom. The minimum Gasteiger partial charge on any atom is -0.480 e. The van der Waals surface area contributed by atoms with Crippen molar-refractivity contribution in [3.8, 4) is 0 Å². The number of fused-ring (bicyclic) bond motifs is 1. The van der Waals surface area contributed by atoms with E-state index in [4.69, 9.17) is 28.9 Å². The zero-order valence-electron chi connectivity index (χ0n) is 12.6. The van der Waals surface area contributed by atoms with E-state index in [1.807, 2.05) is 6.92 Å². The predicted molar refractivity (Wildman–Crippen MR) is 89.9 cm³/mol. The van der Waals surface area contributed by atoms with Crippen LogP contribution in [0.4, 0.5) is 5.69 Å². The third kappa shape index (κ3) is 4.50. The summed E-state index contributed by atoms with van der Waals surface area (Å²) in [5.74, 6) is -1.18. The lowest BCUT2D eigenvalue weighted by molar-refractivity contribution is -0.138. The van der Waals surface area contributed by atoms with Gasteiger partial charge in [0.05, 0.1) is 6.04 Å². The SMILES string of the molecule is CC(N)CCC(=O)NC1CC(C(=O)O)Nc2cc(Cl)cc(Cl)c21. The molecule has 0 radical (unpaired) electrons. The first-order valence-corrected chi connectivity index (χ1v) is 8.06. The van der Waals surface area contributed by atoms with Gasteiger partial charge in [-0.3, -0.25) is 4.79 Å². The Balaban J connectivity index is 2.24. The highest BCUT2D eigenvalue weighted by atomic mass is 35.5. The number of aliphatic carboxylic acids is 1. The van der Waals surface area contributed by atoms with Crippen molar-refractivity contribution in [2.24, 2.45) is 5.73 Å². The van der Waals surface area contributed by atoms with Gasteiger partial charge in [-0.05, 0) is 25.5 Å². The number of carboxylic acids is 1. The molecule has 0 spiro atoms. The van der Waals surface area contributed by atoms with Gasteiger partial charge in [0.2, 0.25) is 5.91 Å². The van der Waals surface area contributed by atoms with Crippen LogP contribution in [0, 0.1) is 0 Å². The number of carbonyl (C=O) groups is 2. The van der Waals surface area contributed by atoms with Gasteiger partial charge in [0.1, 0.15) is 6.04 Å². The van der Waals surface area contributed by atoms with Crippen molar-refractivity contribution in [3.63, 3.8) is 0 Å². The lowest BCUT2D eigenvalue weighted by atomic mass is 9.92. The molecule has 23 heavy (non-hydrogen) atoms. The number of hydrogen-bond donors (Lipinski definition) is 4. The van der Waals surface area contributed by atoms with Crippen LogP contribution in [0.5, 0.6) is 0 Å². The van der Waals surface area contributed by atoms with Gasteiger partial charge in [0.15, 0.2) is 0 Å². The Morgan fingerprint density at radius 3 is 2.78 bits per heavy atom. The molecule has 1 aromatic rings. The highest BCUT2D eigenvalue weighted by molar-refractivity contribution is 6.35. The van der Waals surface area contributed by atoms with E-state index in [0.29, 0.717) is 27.7 Å². The normalized spacial score (nSPS) is 21.0. The van der Waals surface area contributed by atoms with Crippen molar-refractivity contribution in [2.75, 3.05) is 5.32 Å². The molecule has 5 N–H and O–H groups in total. The number of carboxylic acid groups (broad SMARTS) is 1. The Hall–Kier alpha value is -1.50. The number of halogens is 2. The molecule has 1 aliphatic heterocycles. The summed E-state index contributed by atoms with van der Waals surface area (Å²) in [6.45, 7) is 1.83. The summed E-state index contributed by atoms with van der Waals surface area (Å²) in [7, 11) is 0. The third-order valence-electron chi connectivity index (χ3n) is 3.70. The maximum Gasteiger partial charge on any atom is 0.326 e. The second-order valence-corrected chi connectivity index (χ2v) is 6.60. The van der Waals surface area contributed by atoms with Crippen molar-refractivity contribution in [3.05, 3.63) is 27.7 Å². The van der Waals surface area contributed by atoms with E-state index < -0.39 is 18.1 Å². The first-order valence-electron chi connectivity index (χ1n) is 7.31. The summed E-state index contributed by atoms with van der Waals surface area (Å²) in [5.41, 5.74) is 6.83. The fourth-order valence-electron chi connectivity index (χ4n) is 2.58. The number of hydrogen-bond acceptors (Lipinski definition) is 4. The molecule has 126 valence electrons. The Bertz CT molecular complexity index is 622. The summed E-state index contributed by atoms with van der Waals surface area (Å²) in [4.78, 5) is 23.4.